The fraction of sp³-hybridized carbons (Fsp3) is 0.625. The van der Waals surface area contributed by atoms with Crippen LogP contribution in [0.3, 0.4) is 0 Å². The Bertz CT molecular complexity index is 960. The van der Waals surface area contributed by atoms with E-state index in [0.29, 0.717) is 24.4 Å². The molecule has 0 bridgehead atoms. The molecule has 2 aliphatic rings. The van der Waals surface area contributed by atoms with Gasteiger partial charge in [0.25, 0.3) is 0 Å². The predicted octanol–water partition coefficient (Wildman–Crippen LogP) is 3.33. The van der Waals surface area contributed by atoms with Crippen LogP contribution in [0.2, 0.25) is 0 Å². The van der Waals surface area contributed by atoms with E-state index in [1.165, 1.54) is 10.9 Å². The SMILES string of the molecule is CCCCOc1ccc(CN(Cc2cnn(C)n2)C(=O)N[C@H]2CCN(C)CC23CC3)cc1F. The van der Waals surface area contributed by atoms with Gasteiger partial charge in [-0.3, -0.25) is 0 Å². The molecule has 8 nitrogen and oxygen atoms in total. The summed E-state index contributed by atoms with van der Waals surface area (Å²) in [4.78, 5) is 18.9. The Balaban J connectivity index is 1.46. The monoisotopic (exact) mass is 458 g/mol. The number of hydrogen-bond donors (Lipinski definition) is 1. The molecule has 180 valence electrons. The van der Waals surface area contributed by atoms with Crippen molar-refractivity contribution >= 4 is 6.03 Å². The van der Waals surface area contributed by atoms with Crippen molar-refractivity contribution in [2.24, 2.45) is 12.5 Å². The van der Waals surface area contributed by atoms with Gasteiger partial charge in [0.2, 0.25) is 0 Å². The molecule has 1 aromatic carbocycles. The zero-order valence-corrected chi connectivity index (χ0v) is 19.9. The Labute approximate surface area is 195 Å². The number of piperidine rings is 1. The van der Waals surface area contributed by atoms with Gasteiger partial charge in [-0.2, -0.15) is 15.0 Å². The molecule has 0 radical (unpaired) electrons. The van der Waals surface area contributed by atoms with Gasteiger partial charge in [-0.1, -0.05) is 19.4 Å². The highest BCUT2D eigenvalue weighted by atomic mass is 19.1. The van der Waals surface area contributed by atoms with Gasteiger partial charge in [0.1, 0.15) is 5.69 Å². The van der Waals surface area contributed by atoms with Gasteiger partial charge < -0.3 is 19.9 Å². The van der Waals surface area contributed by atoms with Crippen LogP contribution >= 0.6 is 0 Å². The molecule has 33 heavy (non-hydrogen) atoms. The highest BCUT2D eigenvalue weighted by Gasteiger charge is 2.52. The molecule has 1 aromatic heterocycles. The molecular formula is C24H35FN6O2. The Morgan fingerprint density at radius 2 is 2.15 bits per heavy atom. The molecule has 1 atom stereocenters. The molecular weight excluding hydrogens is 423 g/mol. The fourth-order valence-corrected chi connectivity index (χ4v) is 4.68. The number of hydrogen-bond acceptors (Lipinski definition) is 5. The van der Waals surface area contributed by atoms with E-state index in [-0.39, 0.29) is 29.8 Å². The van der Waals surface area contributed by atoms with Crippen molar-refractivity contribution in [3.05, 3.63) is 41.5 Å². The predicted molar refractivity (Wildman–Crippen MR) is 123 cm³/mol. The standard InChI is InChI=1S/C24H35FN6O2/c1-4-5-12-33-21-7-6-18(13-20(21)25)15-31(16-19-14-26-30(3)28-19)23(32)27-22-8-11-29(2)17-24(22)9-10-24/h6-7,13-14,22H,4-5,8-12,15-17H2,1-3H3,(H,27,32)/t22-/m0/s1. The number of carbonyl (C=O) groups excluding carboxylic acids is 1. The molecule has 9 heteroatoms. The summed E-state index contributed by atoms with van der Waals surface area (Å²) in [6.45, 7) is 5.13. The fourth-order valence-electron chi connectivity index (χ4n) is 4.68. The number of amides is 2. The maximum atomic E-state index is 14.6. The molecule has 1 N–H and O–H groups in total. The molecule has 0 unspecified atom stereocenters. The lowest BCUT2D eigenvalue weighted by Gasteiger charge is -2.38. The molecule has 1 spiro atoms. The number of aromatic nitrogens is 3. The summed E-state index contributed by atoms with van der Waals surface area (Å²) in [6.07, 6.45) is 6.77. The van der Waals surface area contributed by atoms with Crippen LogP contribution in [0.5, 0.6) is 5.75 Å². The summed E-state index contributed by atoms with van der Waals surface area (Å²) >= 11 is 0. The normalized spacial score (nSPS) is 19.5. The number of nitrogens with one attached hydrogen (secondary N) is 1. The Kier molecular flexibility index (Phi) is 7.17. The zero-order chi connectivity index (χ0) is 23.4. The molecule has 1 saturated heterocycles. The van der Waals surface area contributed by atoms with E-state index in [2.05, 4.69) is 34.4 Å². The summed E-state index contributed by atoms with van der Waals surface area (Å²) in [5, 5.41) is 11.7. The first-order valence-electron chi connectivity index (χ1n) is 11.9. The molecule has 2 amide bonds. The van der Waals surface area contributed by atoms with E-state index in [1.54, 1.807) is 24.2 Å². The first-order chi connectivity index (χ1) is 15.9. The summed E-state index contributed by atoms with van der Waals surface area (Å²) in [5.41, 5.74) is 1.60. The number of likely N-dealkylation sites (tertiary alicyclic amines) is 1. The lowest BCUT2D eigenvalue weighted by atomic mass is 9.89. The van der Waals surface area contributed by atoms with Crippen molar-refractivity contribution in [1.29, 1.82) is 0 Å². The van der Waals surface area contributed by atoms with Crippen molar-refractivity contribution in [2.75, 3.05) is 26.7 Å². The minimum Gasteiger partial charge on any atom is -0.491 e. The summed E-state index contributed by atoms with van der Waals surface area (Å²) in [5.74, 6) is -0.158. The third-order valence-electron chi connectivity index (χ3n) is 6.73. The van der Waals surface area contributed by atoms with Crippen molar-refractivity contribution in [2.45, 2.75) is 58.2 Å². The molecule has 2 aromatic rings. The molecule has 1 saturated carbocycles. The number of urea groups is 1. The third kappa shape index (κ3) is 5.82. The van der Waals surface area contributed by atoms with Crippen LogP contribution in [0.25, 0.3) is 0 Å². The van der Waals surface area contributed by atoms with Crippen LogP contribution in [-0.2, 0) is 20.1 Å². The van der Waals surface area contributed by atoms with Crippen molar-refractivity contribution in [3.8, 4) is 5.75 Å². The highest BCUT2D eigenvalue weighted by molar-refractivity contribution is 5.74. The molecule has 1 aliphatic heterocycles. The van der Waals surface area contributed by atoms with Crippen molar-refractivity contribution < 1.29 is 13.9 Å². The van der Waals surface area contributed by atoms with Crippen LogP contribution in [0, 0.1) is 11.2 Å². The number of benzene rings is 1. The van der Waals surface area contributed by atoms with Crippen LogP contribution in [0.4, 0.5) is 9.18 Å². The average Bonchev–Trinajstić information content (AvgIpc) is 3.42. The van der Waals surface area contributed by atoms with Gasteiger partial charge in [0, 0.05) is 31.6 Å². The smallest absolute Gasteiger partial charge is 0.318 e. The lowest BCUT2D eigenvalue weighted by molar-refractivity contribution is 0.134. The number of ether oxygens (including phenoxy) is 1. The van der Waals surface area contributed by atoms with E-state index in [0.717, 1.165) is 45.2 Å². The maximum absolute atomic E-state index is 14.6. The van der Waals surface area contributed by atoms with Crippen LogP contribution in [0.1, 0.15) is 50.3 Å². The van der Waals surface area contributed by atoms with E-state index >= 15 is 0 Å². The second kappa shape index (κ2) is 10.1. The third-order valence-corrected chi connectivity index (χ3v) is 6.73. The average molecular weight is 459 g/mol. The zero-order valence-electron chi connectivity index (χ0n) is 19.9. The second-order valence-corrected chi connectivity index (χ2v) is 9.54. The molecule has 4 rings (SSSR count). The molecule has 1 aliphatic carbocycles. The summed E-state index contributed by atoms with van der Waals surface area (Å²) in [7, 11) is 3.89. The first kappa shape index (κ1) is 23.5. The van der Waals surface area contributed by atoms with Crippen LogP contribution in [0.15, 0.2) is 24.4 Å². The van der Waals surface area contributed by atoms with Crippen molar-refractivity contribution in [3.63, 3.8) is 0 Å². The lowest BCUT2D eigenvalue weighted by Crippen LogP contribution is -2.54. The van der Waals surface area contributed by atoms with Gasteiger partial charge in [-0.05, 0) is 57.0 Å². The van der Waals surface area contributed by atoms with Gasteiger partial charge in [-0.25, -0.2) is 9.18 Å². The van der Waals surface area contributed by atoms with Crippen LogP contribution in [-0.4, -0.2) is 63.6 Å². The van der Waals surface area contributed by atoms with E-state index in [9.17, 15) is 9.18 Å². The van der Waals surface area contributed by atoms with Gasteiger partial charge in [-0.15, -0.1) is 0 Å². The van der Waals surface area contributed by atoms with Gasteiger partial charge >= 0.3 is 6.03 Å². The molecule has 2 heterocycles. The van der Waals surface area contributed by atoms with E-state index < -0.39 is 5.82 Å². The summed E-state index contributed by atoms with van der Waals surface area (Å²) < 4.78 is 20.1. The Morgan fingerprint density at radius 1 is 1.33 bits per heavy atom. The Morgan fingerprint density at radius 3 is 2.82 bits per heavy atom. The largest absolute Gasteiger partial charge is 0.491 e. The van der Waals surface area contributed by atoms with E-state index in [1.807, 2.05) is 6.07 Å². The summed E-state index contributed by atoms with van der Waals surface area (Å²) in [6, 6.07) is 4.94. The van der Waals surface area contributed by atoms with Gasteiger partial charge in [0.05, 0.1) is 19.3 Å². The number of carbonyl (C=O) groups is 1. The molecule has 2 fully saturated rings. The quantitative estimate of drug-likeness (QED) is 0.584. The first-order valence-corrected chi connectivity index (χ1v) is 11.9. The van der Waals surface area contributed by atoms with E-state index in [4.69, 9.17) is 4.74 Å². The van der Waals surface area contributed by atoms with Crippen molar-refractivity contribution in [1.82, 2.24) is 30.1 Å². The van der Waals surface area contributed by atoms with Gasteiger partial charge in [0.15, 0.2) is 11.6 Å². The highest BCUT2D eigenvalue weighted by Crippen LogP contribution is 2.52. The number of aryl methyl sites for hydroxylation is 1. The minimum atomic E-state index is -0.407. The number of nitrogens with zero attached hydrogens (tertiary/aromatic N) is 5. The maximum Gasteiger partial charge on any atom is 0.318 e. The Hall–Kier alpha value is -2.68. The number of halogens is 1. The minimum absolute atomic E-state index is 0.148. The topological polar surface area (TPSA) is 75.5 Å². The number of unbranched alkanes of at least 4 members (excludes halogenated alkanes) is 1. The number of rotatable bonds is 9. The second-order valence-electron chi connectivity index (χ2n) is 9.54. The van der Waals surface area contributed by atoms with Crippen LogP contribution < -0.4 is 10.1 Å².